The van der Waals surface area contributed by atoms with E-state index in [-0.39, 0.29) is 34.7 Å². The topological polar surface area (TPSA) is 85.6 Å². The maximum Gasteiger partial charge on any atom is 0.336 e. The SMILES string of the molecule is COC(=O)C1=C(C)NC2=C(C(=O)C[C@H](c3ccccc3Cl)C2)[C@@H]1c1coc2ccc(C)cc2c1=O. The number of hydrogen-bond donors (Lipinski definition) is 1. The van der Waals surface area contributed by atoms with E-state index < -0.39 is 11.9 Å². The highest BCUT2D eigenvalue weighted by atomic mass is 35.5. The van der Waals surface area contributed by atoms with Crippen molar-refractivity contribution in [3.63, 3.8) is 0 Å². The summed E-state index contributed by atoms with van der Waals surface area (Å²) in [5.74, 6) is -1.76. The number of rotatable bonds is 3. The minimum atomic E-state index is -0.889. The number of carbonyl (C=O) groups excluding carboxylic acids is 2. The normalized spacial score (nSPS) is 20.1. The van der Waals surface area contributed by atoms with Gasteiger partial charge in [0.05, 0.1) is 30.3 Å². The average Bonchev–Trinajstić information content (AvgIpc) is 2.83. The Balaban J connectivity index is 1.70. The van der Waals surface area contributed by atoms with Gasteiger partial charge < -0.3 is 14.5 Å². The van der Waals surface area contributed by atoms with E-state index in [1.807, 2.05) is 37.3 Å². The van der Waals surface area contributed by atoms with Gasteiger partial charge in [-0.25, -0.2) is 4.79 Å². The van der Waals surface area contributed by atoms with Gasteiger partial charge in [-0.2, -0.15) is 0 Å². The first-order valence-electron chi connectivity index (χ1n) is 11.4. The minimum absolute atomic E-state index is 0.119. The molecule has 0 spiro atoms. The first kappa shape index (κ1) is 23.1. The van der Waals surface area contributed by atoms with Crippen LogP contribution < -0.4 is 10.7 Å². The summed E-state index contributed by atoms with van der Waals surface area (Å²) in [4.78, 5) is 40.2. The highest BCUT2D eigenvalue weighted by Gasteiger charge is 2.42. The molecule has 5 rings (SSSR count). The van der Waals surface area contributed by atoms with Gasteiger partial charge >= 0.3 is 5.97 Å². The molecule has 6 nitrogen and oxygen atoms in total. The van der Waals surface area contributed by atoms with Gasteiger partial charge in [-0.3, -0.25) is 9.59 Å². The van der Waals surface area contributed by atoms with E-state index in [0.717, 1.165) is 11.1 Å². The molecule has 2 aliphatic rings. The predicted octanol–water partition coefficient (Wildman–Crippen LogP) is 5.29. The number of benzene rings is 2. The molecule has 1 aromatic heterocycles. The molecule has 178 valence electrons. The highest BCUT2D eigenvalue weighted by Crippen LogP contribution is 2.46. The Kier molecular flexibility index (Phi) is 5.85. The van der Waals surface area contributed by atoms with Gasteiger partial charge in [-0.05, 0) is 49.9 Å². The Morgan fingerprint density at radius 3 is 2.60 bits per heavy atom. The highest BCUT2D eigenvalue weighted by molar-refractivity contribution is 6.31. The molecule has 1 aliphatic carbocycles. The second kappa shape index (κ2) is 8.86. The number of halogens is 1. The summed E-state index contributed by atoms with van der Waals surface area (Å²) in [6.07, 6.45) is 2.10. The summed E-state index contributed by atoms with van der Waals surface area (Å²) in [6, 6.07) is 12.8. The maximum atomic E-state index is 13.7. The molecule has 2 atom stereocenters. The Morgan fingerprint density at radius 2 is 1.86 bits per heavy atom. The number of carbonyl (C=O) groups is 2. The molecule has 0 saturated heterocycles. The van der Waals surface area contributed by atoms with Crippen LogP contribution in [0.4, 0.5) is 0 Å². The molecule has 35 heavy (non-hydrogen) atoms. The van der Waals surface area contributed by atoms with Gasteiger partial charge in [-0.1, -0.05) is 41.4 Å². The molecule has 0 unspecified atom stereocenters. The second-order valence-electron chi connectivity index (χ2n) is 9.05. The predicted molar refractivity (Wildman–Crippen MR) is 133 cm³/mol. The zero-order valence-electron chi connectivity index (χ0n) is 19.6. The van der Waals surface area contributed by atoms with Crippen molar-refractivity contribution >= 4 is 34.3 Å². The minimum Gasteiger partial charge on any atom is -0.466 e. The van der Waals surface area contributed by atoms with Gasteiger partial charge in [0, 0.05) is 34.0 Å². The van der Waals surface area contributed by atoms with Crippen LogP contribution in [0.15, 0.2) is 80.5 Å². The molecule has 1 aliphatic heterocycles. The van der Waals surface area contributed by atoms with Crippen LogP contribution >= 0.6 is 11.6 Å². The number of nitrogens with one attached hydrogen (secondary N) is 1. The molecule has 0 radical (unpaired) electrons. The summed E-state index contributed by atoms with van der Waals surface area (Å²) in [6.45, 7) is 3.64. The molecular formula is C28H24ClNO5. The van der Waals surface area contributed by atoms with Crippen LogP contribution in [0.3, 0.4) is 0 Å². The number of methoxy groups -OCH3 is 1. The van der Waals surface area contributed by atoms with Crippen molar-refractivity contribution in [1.82, 2.24) is 5.32 Å². The number of aryl methyl sites for hydroxylation is 1. The quantitative estimate of drug-likeness (QED) is 0.503. The number of dihydropyridines is 1. The van der Waals surface area contributed by atoms with Crippen molar-refractivity contribution in [1.29, 1.82) is 0 Å². The Labute approximate surface area is 207 Å². The molecule has 0 fully saturated rings. The largest absolute Gasteiger partial charge is 0.466 e. The molecule has 7 heteroatoms. The lowest BCUT2D eigenvalue weighted by Crippen LogP contribution is -2.37. The molecule has 2 heterocycles. The summed E-state index contributed by atoms with van der Waals surface area (Å²) >= 11 is 6.43. The Morgan fingerprint density at radius 1 is 1.09 bits per heavy atom. The first-order valence-corrected chi connectivity index (χ1v) is 11.8. The van der Waals surface area contributed by atoms with Crippen LogP contribution in [0.1, 0.15) is 48.3 Å². The van der Waals surface area contributed by atoms with E-state index in [4.69, 9.17) is 20.8 Å². The summed E-state index contributed by atoms with van der Waals surface area (Å²) in [5, 5.41) is 4.27. The smallest absolute Gasteiger partial charge is 0.336 e. The monoisotopic (exact) mass is 489 g/mol. The number of hydrogen-bond acceptors (Lipinski definition) is 6. The van der Waals surface area contributed by atoms with Gasteiger partial charge in [-0.15, -0.1) is 0 Å². The lowest BCUT2D eigenvalue weighted by Gasteiger charge is -2.36. The summed E-state index contributed by atoms with van der Waals surface area (Å²) < 4.78 is 10.9. The van der Waals surface area contributed by atoms with Crippen LogP contribution in [-0.2, 0) is 14.3 Å². The van der Waals surface area contributed by atoms with Crippen LogP contribution in [0.5, 0.6) is 0 Å². The van der Waals surface area contributed by atoms with Crippen LogP contribution in [0.2, 0.25) is 5.02 Å². The number of ether oxygens (including phenoxy) is 1. The molecule has 3 aromatic rings. The van der Waals surface area contributed by atoms with Crippen LogP contribution in [0.25, 0.3) is 11.0 Å². The fourth-order valence-electron chi connectivity index (χ4n) is 5.22. The number of fused-ring (bicyclic) bond motifs is 1. The Bertz CT molecular complexity index is 1510. The van der Waals surface area contributed by atoms with Crippen molar-refractivity contribution in [3.05, 3.63) is 103 Å². The third-order valence-corrected chi connectivity index (χ3v) is 7.19. The van der Waals surface area contributed by atoms with Gasteiger partial charge in [0.2, 0.25) is 0 Å². The number of esters is 1. The maximum absolute atomic E-state index is 13.7. The third kappa shape index (κ3) is 3.88. The molecular weight excluding hydrogens is 466 g/mol. The fourth-order valence-corrected chi connectivity index (χ4v) is 5.51. The standard InChI is InChI=1S/C28H24ClNO5/c1-14-8-9-23-18(10-14)27(32)19(13-35-23)25-24(28(33)34-3)15(2)30-21-11-16(12-22(31)26(21)25)17-6-4-5-7-20(17)29/h4-10,13,16,25,30H,11-12H2,1-3H3/t16-,25-/m1/s1. The number of allylic oxidation sites excluding steroid dienone is 3. The van der Waals surface area contributed by atoms with E-state index in [1.165, 1.54) is 13.4 Å². The Hall–Kier alpha value is -3.64. The molecule has 0 amide bonds. The molecule has 1 N–H and O–H groups in total. The zero-order chi connectivity index (χ0) is 24.9. The molecule has 0 bridgehead atoms. The first-order chi connectivity index (χ1) is 16.8. The van der Waals surface area contributed by atoms with E-state index in [2.05, 4.69) is 5.32 Å². The summed E-state index contributed by atoms with van der Waals surface area (Å²) in [7, 11) is 1.28. The van der Waals surface area contributed by atoms with Crippen molar-refractivity contribution < 1.29 is 18.7 Å². The van der Waals surface area contributed by atoms with Gasteiger partial charge in [0.25, 0.3) is 0 Å². The summed E-state index contributed by atoms with van der Waals surface area (Å²) in [5.41, 5.74) is 4.07. The lowest BCUT2D eigenvalue weighted by atomic mass is 9.72. The van der Waals surface area contributed by atoms with E-state index in [1.54, 1.807) is 19.1 Å². The fraction of sp³-hybridized carbons (Fsp3) is 0.250. The third-order valence-electron chi connectivity index (χ3n) is 6.84. The second-order valence-corrected chi connectivity index (χ2v) is 9.46. The zero-order valence-corrected chi connectivity index (χ0v) is 20.4. The number of ketones is 1. The van der Waals surface area contributed by atoms with Crippen molar-refractivity contribution in [2.45, 2.75) is 38.5 Å². The van der Waals surface area contributed by atoms with Crippen molar-refractivity contribution in [3.8, 4) is 0 Å². The van der Waals surface area contributed by atoms with Crippen molar-refractivity contribution in [2.24, 2.45) is 0 Å². The average molecular weight is 490 g/mol. The van der Waals surface area contributed by atoms with Gasteiger partial charge in [0.1, 0.15) is 5.58 Å². The molecule has 0 saturated carbocycles. The number of Topliss-reactive ketones (excluding diaryl/α,β-unsaturated/α-hetero) is 1. The van der Waals surface area contributed by atoms with Gasteiger partial charge in [0.15, 0.2) is 11.2 Å². The molecule has 2 aromatic carbocycles. The lowest BCUT2D eigenvalue weighted by molar-refractivity contribution is -0.136. The van der Waals surface area contributed by atoms with Crippen LogP contribution in [-0.4, -0.2) is 18.9 Å². The van der Waals surface area contributed by atoms with E-state index in [9.17, 15) is 14.4 Å². The van der Waals surface area contributed by atoms with Crippen molar-refractivity contribution in [2.75, 3.05) is 7.11 Å². The van der Waals surface area contributed by atoms with E-state index >= 15 is 0 Å². The van der Waals surface area contributed by atoms with Crippen LogP contribution in [0, 0.1) is 6.92 Å². The van der Waals surface area contributed by atoms with E-state index in [0.29, 0.717) is 39.4 Å².